The number of alkyl halides is 3. The summed E-state index contributed by atoms with van der Waals surface area (Å²) in [6, 6.07) is 4.74. The van der Waals surface area contributed by atoms with Gasteiger partial charge in [0.05, 0.1) is 0 Å². The molecule has 1 amide bonds. The number of nitrogens with zero attached hydrogens (tertiary/aromatic N) is 1. The second-order valence-corrected chi connectivity index (χ2v) is 11.0. The average Bonchev–Trinajstić information content (AvgIpc) is 3.57. The number of aryl methyl sites for hydroxylation is 1. The number of benzene rings is 1. The van der Waals surface area contributed by atoms with Crippen molar-refractivity contribution in [3.05, 3.63) is 23.8 Å². The van der Waals surface area contributed by atoms with Crippen molar-refractivity contribution in [3.8, 4) is 0 Å². The van der Waals surface area contributed by atoms with Gasteiger partial charge in [0.15, 0.2) is 6.10 Å². The van der Waals surface area contributed by atoms with E-state index in [-0.39, 0.29) is 6.29 Å². The number of amides is 1. The molecule has 5 rings (SSSR count). The number of carbonyl (C=O) groups is 1. The van der Waals surface area contributed by atoms with Gasteiger partial charge in [-0.1, -0.05) is 6.07 Å². The molecule has 4 aliphatic heterocycles. The quantitative estimate of drug-likeness (QED) is 0.326. The van der Waals surface area contributed by atoms with Crippen LogP contribution in [-0.4, -0.2) is 86.5 Å². The zero-order chi connectivity index (χ0) is 26.9. The summed E-state index contributed by atoms with van der Waals surface area (Å²) >= 11 is 0. The molecular weight excluding hydrogens is 499 g/mol. The summed E-state index contributed by atoms with van der Waals surface area (Å²) in [6.07, 6.45) is -3.03. The highest BCUT2D eigenvalue weighted by Gasteiger charge is 2.53. The first kappa shape index (κ1) is 27.6. The molecule has 0 radical (unpaired) electrons. The molecule has 0 spiro atoms. The number of likely N-dealkylation sites (tertiary alicyclic amines) is 1. The lowest BCUT2D eigenvalue weighted by molar-refractivity contribution is -0.216. The minimum absolute atomic E-state index is 0.161. The Morgan fingerprint density at radius 1 is 1.16 bits per heavy atom. The number of ether oxygens (including phenoxy) is 1. The third kappa shape index (κ3) is 6.43. The highest BCUT2D eigenvalue weighted by molar-refractivity contribution is 5.96. The average molecular weight is 540 g/mol. The van der Waals surface area contributed by atoms with Crippen LogP contribution in [0.4, 0.5) is 24.5 Å². The van der Waals surface area contributed by atoms with Crippen molar-refractivity contribution in [1.29, 1.82) is 0 Å². The number of hydrogen-bond donors (Lipinski definition) is 6. The summed E-state index contributed by atoms with van der Waals surface area (Å²) in [7, 11) is 0. The molecule has 38 heavy (non-hydrogen) atoms. The van der Waals surface area contributed by atoms with Crippen LogP contribution in [0.25, 0.3) is 0 Å². The van der Waals surface area contributed by atoms with Gasteiger partial charge in [-0.2, -0.15) is 13.2 Å². The topological polar surface area (TPSA) is 102 Å². The molecule has 0 bridgehead atoms. The van der Waals surface area contributed by atoms with Gasteiger partial charge < -0.3 is 20.7 Å². The van der Waals surface area contributed by atoms with E-state index in [4.69, 9.17) is 4.74 Å². The van der Waals surface area contributed by atoms with E-state index in [1.807, 2.05) is 13.0 Å². The van der Waals surface area contributed by atoms with Crippen LogP contribution in [0.15, 0.2) is 18.2 Å². The first-order valence-electron chi connectivity index (χ1n) is 13.8. The summed E-state index contributed by atoms with van der Waals surface area (Å²) in [4.78, 5) is 15.4. The Morgan fingerprint density at radius 2 is 1.95 bits per heavy atom. The lowest BCUT2D eigenvalue weighted by Crippen LogP contribution is -2.62. The Bertz CT molecular complexity index is 975. The molecule has 212 valence electrons. The summed E-state index contributed by atoms with van der Waals surface area (Å²) in [5.74, 6) is -0.240. The first-order valence-corrected chi connectivity index (χ1v) is 13.8. The highest BCUT2D eigenvalue weighted by Crippen LogP contribution is 2.31. The fraction of sp³-hybridized carbons (Fsp3) is 0.731. The predicted octanol–water partition coefficient (Wildman–Crippen LogP) is 1.92. The van der Waals surface area contributed by atoms with Crippen LogP contribution in [0.2, 0.25) is 0 Å². The van der Waals surface area contributed by atoms with Gasteiger partial charge in [0, 0.05) is 30.0 Å². The molecule has 1 aromatic rings. The third-order valence-electron chi connectivity index (χ3n) is 8.25. The number of hydrogen-bond acceptors (Lipinski definition) is 8. The molecule has 4 saturated heterocycles. The molecule has 7 atom stereocenters. The van der Waals surface area contributed by atoms with E-state index >= 15 is 0 Å². The van der Waals surface area contributed by atoms with Crippen molar-refractivity contribution in [2.24, 2.45) is 5.92 Å². The van der Waals surface area contributed by atoms with Crippen molar-refractivity contribution in [2.45, 2.75) is 82.5 Å². The van der Waals surface area contributed by atoms with Crippen molar-refractivity contribution in [2.75, 3.05) is 43.4 Å². The van der Waals surface area contributed by atoms with Gasteiger partial charge in [-0.3, -0.25) is 25.6 Å². The fourth-order valence-corrected chi connectivity index (χ4v) is 6.24. The normalized spacial score (nSPS) is 34.8. The van der Waals surface area contributed by atoms with Gasteiger partial charge in [0.2, 0.25) is 5.91 Å². The summed E-state index contributed by atoms with van der Waals surface area (Å²) in [6.45, 7) is 8.75. The number of piperidine rings is 1. The van der Waals surface area contributed by atoms with Gasteiger partial charge >= 0.3 is 6.18 Å². The standard InChI is InChI=1S/C26H40F3N7O2/c1-15-5-6-18(33-24(37)22-23(26(27,28)29)38-16(2)32-22)12-21(15)35-25-31-8-7-20(34-25)17-11-19(14-30-13-17)36-9-3-4-10-36/h5-6,12,16-17,19-20,22-23,25,30-32,34-35H,3-4,7-11,13-14H2,1-2H3,(H,33,37). The smallest absolute Gasteiger partial charge is 0.357 e. The van der Waals surface area contributed by atoms with Gasteiger partial charge in [-0.25, -0.2) is 0 Å². The van der Waals surface area contributed by atoms with Crippen molar-refractivity contribution in [3.63, 3.8) is 0 Å². The molecule has 1 aromatic carbocycles. The second kappa shape index (κ2) is 11.6. The Kier molecular flexibility index (Phi) is 8.46. The summed E-state index contributed by atoms with van der Waals surface area (Å²) in [5, 5.41) is 19.5. The maximum atomic E-state index is 13.4. The lowest BCUT2D eigenvalue weighted by Gasteiger charge is -2.42. The molecule has 12 heteroatoms. The Balaban J connectivity index is 1.20. The van der Waals surface area contributed by atoms with E-state index in [9.17, 15) is 18.0 Å². The maximum Gasteiger partial charge on any atom is 0.416 e. The number of nitrogens with one attached hydrogen (secondary N) is 6. The molecule has 0 saturated carbocycles. The molecular formula is C26H40F3N7O2. The lowest BCUT2D eigenvalue weighted by atomic mass is 9.86. The van der Waals surface area contributed by atoms with Crippen LogP contribution in [-0.2, 0) is 9.53 Å². The van der Waals surface area contributed by atoms with E-state index in [1.54, 1.807) is 12.1 Å². The molecule has 0 aliphatic carbocycles. The van der Waals surface area contributed by atoms with Gasteiger partial charge in [0.25, 0.3) is 0 Å². The third-order valence-corrected chi connectivity index (χ3v) is 8.25. The number of rotatable bonds is 6. The number of anilines is 2. The highest BCUT2D eigenvalue weighted by atomic mass is 19.4. The summed E-state index contributed by atoms with van der Waals surface area (Å²) in [5.41, 5.74) is 2.18. The van der Waals surface area contributed by atoms with E-state index in [2.05, 4.69) is 36.8 Å². The largest absolute Gasteiger partial charge is 0.416 e. The SMILES string of the molecule is Cc1ccc(NC(=O)C2NC(C)OC2C(F)(F)F)cc1NC1NCCC(C2CNCC(N3CCCC3)C2)N1. The molecule has 7 unspecified atom stereocenters. The zero-order valence-electron chi connectivity index (χ0n) is 22.0. The van der Waals surface area contributed by atoms with E-state index in [1.165, 1.54) is 39.3 Å². The van der Waals surface area contributed by atoms with Crippen LogP contribution < -0.4 is 31.9 Å². The molecule has 0 aromatic heterocycles. The molecule has 4 aliphatic rings. The Labute approximate surface area is 222 Å². The Morgan fingerprint density at radius 3 is 2.71 bits per heavy atom. The monoisotopic (exact) mass is 539 g/mol. The zero-order valence-corrected chi connectivity index (χ0v) is 22.0. The predicted molar refractivity (Wildman–Crippen MR) is 140 cm³/mol. The van der Waals surface area contributed by atoms with Gasteiger partial charge in [-0.05, 0) is 89.3 Å². The van der Waals surface area contributed by atoms with Gasteiger partial charge in [0.1, 0.15) is 18.6 Å². The molecule has 4 fully saturated rings. The fourth-order valence-electron chi connectivity index (χ4n) is 6.24. The van der Waals surface area contributed by atoms with E-state index in [0.717, 1.165) is 37.3 Å². The second-order valence-electron chi connectivity index (χ2n) is 11.0. The molecule has 6 N–H and O–H groups in total. The number of carbonyl (C=O) groups excluding carboxylic acids is 1. The van der Waals surface area contributed by atoms with Crippen LogP contribution in [0.3, 0.4) is 0 Å². The maximum absolute atomic E-state index is 13.4. The van der Waals surface area contributed by atoms with E-state index < -0.39 is 30.5 Å². The van der Waals surface area contributed by atoms with Crippen LogP contribution in [0.1, 0.15) is 38.2 Å². The molecule has 4 heterocycles. The minimum atomic E-state index is -4.64. The molecule has 9 nitrogen and oxygen atoms in total. The Hall–Kier alpha value is -1.96. The van der Waals surface area contributed by atoms with Crippen molar-refractivity contribution >= 4 is 17.3 Å². The first-order chi connectivity index (χ1) is 18.2. The van der Waals surface area contributed by atoms with Gasteiger partial charge in [-0.15, -0.1) is 0 Å². The van der Waals surface area contributed by atoms with E-state index in [0.29, 0.717) is 23.7 Å². The van der Waals surface area contributed by atoms with Crippen LogP contribution in [0, 0.1) is 12.8 Å². The summed E-state index contributed by atoms with van der Waals surface area (Å²) < 4.78 is 45.0. The van der Waals surface area contributed by atoms with Crippen molar-refractivity contribution in [1.82, 2.24) is 26.2 Å². The van der Waals surface area contributed by atoms with Crippen LogP contribution in [0.5, 0.6) is 0 Å². The number of halogens is 3. The van der Waals surface area contributed by atoms with Crippen molar-refractivity contribution < 1.29 is 22.7 Å². The van der Waals surface area contributed by atoms with Crippen LogP contribution >= 0.6 is 0 Å². The minimum Gasteiger partial charge on any atom is -0.357 e.